The Morgan fingerprint density at radius 2 is 1.70 bits per heavy atom. The highest BCUT2D eigenvalue weighted by atomic mass is 16.5. The SMILES string of the molecule is O=C(OCCc1ccc(O)cc1)c1cccc(O)c1O. The predicted octanol–water partition coefficient (Wildman–Crippen LogP) is 2.20. The molecule has 0 aliphatic carbocycles. The maximum absolute atomic E-state index is 11.7. The summed E-state index contributed by atoms with van der Waals surface area (Å²) in [6.07, 6.45) is 0.492. The van der Waals surface area contributed by atoms with Gasteiger partial charge in [0.25, 0.3) is 0 Å². The van der Waals surface area contributed by atoms with Crippen molar-refractivity contribution in [1.29, 1.82) is 0 Å². The highest BCUT2D eigenvalue weighted by Gasteiger charge is 2.14. The van der Waals surface area contributed by atoms with Crippen LogP contribution in [0.3, 0.4) is 0 Å². The number of hydrogen-bond acceptors (Lipinski definition) is 5. The fourth-order valence-electron chi connectivity index (χ4n) is 1.70. The Balaban J connectivity index is 1.92. The largest absolute Gasteiger partial charge is 0.508 e. The molecule has 0 aromatic heterocycles. The number of aromatic hydroxyl groups is 3. The van der Waals surface area contributed by atoms with Gasteiger partial charge in [-0.05, 0) is 29.8 Å². The van der Waals surface area contributed by atoms with Gasteiger partial charge in [-0.15, -0.1) is 0 Å². The Bertz CT molecular complexity index is 604. The number of phenols is 3. The summed E-state index contributed by atoms with van der Waals surface area (Å²) in [5.41, 5.74) is 0.839. The minimum Gasteiger partial charge on any atom is -0.508 e. The average molecular weight is 274 g/mol. The highest BCUT2D eigenvalue weighted by Crippen LogP contribution is 2.28. The quantitative estimate of drug-likeness (QED) is 0.587. The van der Waals surface area contributed by atoms with Gasteiger partial charge in [0.2, 0.25) is 0 Å². The zero-order valence-corrected chi connectivity index (χ0v) is 10.6. The molecule has 104 valence electrons. The van der Waals surface area contributed by atoms with Crippen molar-refractivity contribution in [2.75, 3.05) is 6.61 Å². The van der Waals surface area contributed by atoms with Crippen molar-refractivity contribution in [3.8, 4) is 17.2 Å². The van der Waals surface area contributed by atoms with Gasteiger partial charge in [-0.2, -0.15) is 0 Å². The van der Waals surface area contributed by atoms with Crippen LogP contribution in [-0.2, 0) is 11.2 Å². The van der Waals surface area contributed by atoms with E-state index >= 15 is 0 Å². The summed E-state index contributed by atoms with van der Waals surface area (Å²) in [6, 6.07) is 10.7. The van der Waals surface area contributed by atoms with Gasteiger partial charge in [0.1, 0.15) is 11.3 Å². The lowest BCUT2D eigenvalue weighted by Gasteiger charge is -2.07. The van der Waals surface area contributed by atoms with Crippen LogP contribution >= 0.6 is 0 Å². The molecule has 0 atom stereocenters. The van der Waals surface area contributed by atoms with E-state index < -0.39 is 11.7 Å². The van der Waals surface area contributed by atoms with Gasteiger partial charge in [-0.1, -0.05) is 18.2 Å². The zero-order chi connectivity index (χ0) is 14.5. The van der Waals surface area contributed by atoms with Gasteiger partial charge in [-0.25, -0.2) is 4.79 Å². The van der Waals surface area contributed by atoms with Crippen LogP contribution in [0.25, 0.3) is 0 Å². The molecule has 0 saturated carbocycles. The first-order valence-corrected chi connectivity index (χ1v) is 6.04. The topological polar surface area (TPSA) is 87.0 Å². The molecular formula is C15H14O5. The lowest BCUT2D eigenvalue weighted by atomic mass is 10.1. The van der Waals surface area contributed by atoms with E-state index in [9.17, 15) is 15.0 Å². The molecular weight excluding hydrogens is 260 g/mol. The molecule has 0 unspecified atom stereocenters. The van der Waals surface area contributed by atoms with Gasteiger partial charge in [-0.3, -0.25) is 0 Å². The van der Waals surface area contributed by atoms with Crippen molar-refractivity contribution < 1.29 is 24.9 Å². The summed E-state index contributed by atoms with van der Waals surface area (Å²) in [5.74, 6) is -1.37. The summed E-state index contributed by atoms with van der Waals surface area (Å²) in [6.45, 7) is 0.138. The molecule has 2 rings (SSSR count). The first-order chi connectivity index (χ1) is 9.58. The Morgan fingerprint density at radius 3 is 2.40 bits per heavy atom. The normalized spacial score (nSPS) is 10.2. The lowest BCUT2D eigenvalue weighted by molar-refractivity contribution is 0.0505. The van der Waals surface area contributed by atoms with Crippen molar-refractivity contribution >= 4 is 5.97 Å². The number of rotatable bonds is 4. The fraction of sp³-hybridized carbons (Fsp3) is 0.133. The smallest absolute Gasteiger partial charge is 0.342 e. The number of para-hydroxylation sites is 1. The molecule has 2 aromatic carbocycles. The van der Waals surface area contributed by atoms with Crippen LogP contribution in [0.4, 0.5) is 0 Å². The lowest BCUT2D eigenvalue weighted by Crippen LogP contribution is -2.08. The summed E-state index contributed by atoms with van der Waals surface area (Å²) < 4.78 is 5.03. The molecule has 3 N–H and O–H groups in total. The van der Waals surface area contributed by atoms with E-state index in [-0.39, 0.29) is 23.7 Å². The maximum Gasteiger partial charge on any atom is 0.342 e. The second-order valence-corrected chi connectivity index (χ2v) is 4.23. The minimum absolute atomic E-state index is 0.0734. The molecule has 0 radical (unpaired) electrons. The number of carbonyl (C=O) groups is 1. The van der Waals surface area contributed by atoms with Crippen LogP contribution in [0, 0.1) is 0 Å². The summed E-state index contributed by atoms with van der Waals surface area (Å²) in [4.78, 5) is 11.7. The van der Waals surface area contributed by atoms with Crippen molar-refractivity contribution in [3.05, 3.63) is 53.6 Å². The van der Waals surface area contributed by atoms with Gasteiger partial charge in [0, 0.05) is 6.42 Å². The summed E-state index contributed by atoms with van der Waals surface area (Å²) in [5, 5.41) is 28.0. The number of esters is 1. The molecule has 0 fully saturated rings. The average Bonchev–Trinajstić information content (AvgIpc) is 2.44. The van der Waals surface area contributed by atoms with Crippen molar-refractivity contribution in [2.24, 2.45) is 0 Å². The first-order valence-electron chi connectivity index (χ1n) is 6.04. The van der Waals surface area contributed by atoms with Gasteiger partial charge >= 0.3 is 5.97 Å². The number of carbonyl (C=O) groups excluding carboxylic acids is 1. The molecule has 0 spiro atoms. The van der Waals surface area contributed by atoms with E-state index in [0.717, 1.165) is 5.56 Å². The Labute approximate surface area is 115 Å². The van der Waals surface area contributed by atoms with Crippen LogP contribution in [0.2, 0.25) is 0 Å². The molecule has 0 aliphatic heterocycles. The number of phenolic OH excluding ortho intramolecular Hbond substituents is 3. The van der Waals surface area contributed by atoms with E-state index in [1.54, 1.807) is 24.3 Å². The summed E-state index contributed by atoms with van der Waals surface area (Å²) >= 11 is 0. The molecule has 0 amide bonds. The van der Waals surface area contributed by atoms with Crippen molar-refractivity contribution in [3.63, 3.8) is 0 Å². The minimum atomic E-state index is -0.697. The number of benzene rings is 2. The molecule has 0 heterocycles. The predicted molar refractivity (Wildman–Crippen MR) is 71.9 cm³/mol. The zero-order valence-electron chi connectivity index (χ0n) is 10.6. The monoisotopic (exact) mass is 274 g/mol. The summed E-state index contributed by atoms with van der Waals surface area (Å²) in [7, 11) is 0. The van der Waals surface area contributed by atoms with Crippen molar-refractivity contribution in [2.45, 2.75) is 6.42 Å². The molecule has 0 aliphatic rings. The van der Waals surface area contributed by atoms with E-state index in [1.807, 2.05) is 0 Å². The van der Waals surface area contributed by atoms with E-state index in [0.29, 0.717) is 6.42 Å². The number of hydrogen-bond donors (Lipinski definition) is 3. The second-order valence-electron chi connectivity index (χ2n) is 4.23. The van der Waals surface area contributed by atoms with Gasteiger partial charge < -0.3 is 20.1 Å². The molecule has 2 aromatic rings. The standard InChI is InChI=1S/C15H14O5/c16-11-6-4-10(5-7-11)8-9-20-15(19)12-2-1-3-13(17)14(12)18/h1-7,16-18H,8-9H2. The Hall–Kier alpha value is -2.69. The van der Waals surface area contributed by atoms with Crippen molar-refractivity contribution in [1.82, 2.24) is 0 Å². The molecule has 5 nitrogen and oxygen atoms in total. The van der Waals surface area contributed by atoms with Gasteiger partial charge in [0.15, 0.2) is 11.5 Å². The molecule has 0 bridgehead atoms. The Morgan fingerprint density at radius 1 is 1.00 bits per heavy atom. The Kier molecular flexibility index (Phi) is 4.10. The van der Waals surface area contributed by atoms with Crippen LogP contribution in [0.5, 0.6) is 17.2 Å². The van der Waals surface area contributed by atoms with Crippen LogP contribution < -0.4 is 0 Å². The third kappa shape index (κ3) is 3.20. The molecule has 0 saturated heterocycles. The second kappa shape index (κ2) is 5.97. The molecule has 20 heavy (non-hydrogen) atoms. The van der Waals surface area contributed by atoms with Crippen LogP contribution in [-0.4, -0.2) is 27.9 Å². The highest BCUT2D eigenvalue weighted by molar-refractivity contribution is 5.93. The third-order valence-electron chi connectivity index (χ3n) is 2.79. The van der Waals surface area contributed by atoms with E-state index in [4.69, 9.17) is 9.84 Å². The van der Waals surface area contributed by atoms with Crippen LogP contribution in [0.1, 0.15) is 15.9 Å². The van der Waals surface area contributed by atoms with E-state index in [2.05, 4.69) is 0 Å². The molecule has 5 heteroatoms. The van der Waals surface area contributed by atoms with Gasteiger partial charge in [0.05, 0.1) is 6.61 Å². The van der Waals surface area contributed by atoms with Crippen LogP contribution in [0.15, 0.2) is 42.5 Å². The number of ether oxygens (including phenoxy) is 1. The fourth-order valence-corrected chi connectivity index (χ4v) is 1.70. The van der Waals surface area contributed by atoms with E-state index in [1.165, 1.54) is 18.2 Å². The first kappa shape index (κ1) is 13.7. The third-order valence-corrected chi connectivity index (χ3v) is 2.79. The maximum atomic E-state index is 11.7.